The fraction of sp³-hybridized carbons (Fsp3) is 1.00. The Labute approximate surface area is 75.6 Å². The van der Waals surface area contributed by atoms with Gasteiger partial charge >= 0.3 is 0 Å². The quantitative estimate of drug-likeness (QED) is 0.695. The van der Waals surface area contributed by atoms with Gasteiger partial charge in [0.25, 0.3) is 0 Å². The first-order valence-corrected chi connectivity index (χ1v) is 5.15. The molecule has 12 heavy (non-hydrogen) atoms. The molecule has 2 nitrogen and oxygen atoms in total. The summed E-state index contributed by atoms with van der Waals surface area (Å²) in [6.45, 7) is 1.39. The first-order valence-electron chi connectivity index (χ1n) is 5.15. The minimum atomic E-state index is 0.330. The van der Waals surface area contributed by atoms with Crippen molar-refractivity contribution in [3.63, 3.8) is 0 Å². The van der Waals surface area contributed by atoms with Gasteiger partial charge in [0.15, 0.2) is 0 Å². The van der Waals surface area contributed by atoms with Crippen LogP contribution in [0.15, 0.2) is 0 Å². The van der Waals surface area contributed by atoms with Crippen molar-refractivity contribution in [2.24, 2.45) is 0 Å². The topological polar surface area (TPSA) is 23.5 Å². The average molecular weight is 171 g/mol. The zero-order chi connectivity index (χ0) is 8.81. The van der Waals surface area contributed by atoms with Gasteiger partial charge in [0.05, 0.1) is 0 Å². The van der Waals surface area contributed by atoms with Crippen molar-refractivity contribution in [2.45, 2.75) is 44.6 Å². The van der Waals surface area contributed by atoms with Gasteiger partial charge in [0.2, 0.25) is 0 Å². The van der Waals surface area contributed by atoms with Crippen LogP contribution in [0.4, 0.5) is 0 Å². The van der Waals surface area contributed by atoms with Crippen molar-refractivity contribution in [1.29, 1.82) is 0 Å². The Morgan fingerprint density at radius 3 is 2.50 bits per heavy atom. The smallest absolute Gasteiger partial charge is 0.0443 e. The molecule has 0 aliphatic heterocycles. The molecular formula is C10H21NO. The van der Waals surface area contributed by atoms with Gasteiger partial charge in [-0.3, -0.25) is 0 Å². The van der Waals surface area contributed by atoms with Crippen molar-refractivity contribution in [3.05, 3.63) is 0 Å². The summed E-state index contributed by atoms with van der Waals surface area (Å²) < 4.78 is 0. The molecule has 0 aromatic heterocycles. The monoisotopic (exact) mass is 171 g/mol. The van der Waals surface area contributed by atoms with Gasteiger partial charge in [0, 0.05) is 19.2 Å². The Hall–Kier alpha value is -0.0800. The van der Waals surface area contributed by atoms with Crippen LogP contribution in [0.3, 0.4) is 0 Å². The molecule has 0 unspecified atom stereocenters. The van der Waals surface area contributed by atoms with E-state index in [2.05, 4.69) is 11.9 Å². The van der Waals surface area contributed by atoms with Gasteiger partial charge in [0.1, 0.15) is 0 Å². The van der Waals surface area contributed by atoms with E-state index in [0.717, 1.165) is 19.0 Å². The molecule has 1 N–H and O–H groups in total. The summed E-state index contributed by atoms with van der Waals surface area (Å²) >= 11 is 0. The summed E-state index contributed by atoms with van der Waals surface area (Å²) in [5, 5.41) is 8.69. The lowest BCUT2D eigenvalue weighted by molar-refractivity contribution is 0.173. The van der Waals surface area contributed by atoms with Crippen molar-refractivity contribution in [3.8, 4) is 0 Å². The molecule has 1 aliphatic carbocycles. The third kappa shape index (κ3) is 3.11. The summed E-state index contributed by atoms with van der Waals surface area (Å²) in [5.41, 5.74) is 0. The van der Waals surface area contributed by atoms with E-state index in [9.17, 15) is 0 Å². The highest BCUT2D eigenvalue weighted by Crippen LogP contribution is 2.21. The minimum Gasteiger partial charge on any atom is -0.396 e. The second-order valence-electron chi connectivity index (χ2n) is 3.85. The van der Waals surface area contributed by atoms with E-state index in [1.165, 1.54) is 32.1 Å². The van der Waals surface area contributed by atoms with Gasteiger partial charge < -0.3 is 10.0 Å². The summed E-state index contributed by atoms with van der Waals surface area (Å²) in [7, 11) is 2.19. The molecule has 0 atom stereocenters. The second-order valence-corrected chi connectivity index (χ2v) is 3.85. The van der Waals surface area contributed by atoms with Gasteiger partial charge in [-0.2, -0.15) is 0 Å². The molecule has 0 aromatic carbocycles. The summed E-state index contributed by atoms with van der Waals surface area (Å²) in [6.07, 6.45) is 7.86. The van der Waals surface area contributed by atoms with Crippen molar-refractivity contribution in [2.75, 3.05) is 20.2 Å². The second kappa shape index (κ2) is 5.55. The number of rotatable bonds is 4. The van der Waals surface area contributed by atoms with Gasteiger partial charge in [-0.05, 0) is 26.3 Å². The zero-order valence-corrected chi connectivity index (χ0v) is 8.13. The summed E-state index contributed by atoms with van der Waals surface area (Å²) in [4.78, 5) is 2.41. The van der Waals surface area contributed by atoms with E-state index in [0.29, 0.717) is 6.61 Å². The molecule has 72 valence electrons. The largest absolute Gasteiger partial charge is 0.396 e. The molecule has 1 saturated carbocycles. The Kier molecular flexibility index (Phi) is 4.62. The summed E-state index contributed by atoms with van der Waals surface area (Å²) in [6, 6.07) is 0.797. The van der Waals surface area contributed by atoms with E-state index in [-0.39, 0.29) is 0 Å². The first-order chi connectivity index (χ1) is 5.84. The van der Waals surface area contributed by atoms with Crippen molar-refractivity contribution in [1.82, 2.24) is 4.90 Å². The Balaban J connectivity index is 2.15. The number of nitrogens with zero attached hydrogens (tertiary/aromatic N) is 1. The van der Waals surface area contributed by atoms with E-state index in [1.54, 1.807) is 0 Å². The molecular weight excluding hydrogens is 150 g/mol. The van der Waals surface area contributed by atoms with E-state index < -0.39 is 0 Å². The van der Waals surface area contributed by atoms with Crippen molar-refractivity contribution >= 4 is 0 Å². The number of aliphatic hydroxyl groups excluding tert-OH is 1. The zero-order valence-electron chi connectivity index (χ0n) is 8.13. The predicted octanol–water partition coefficient (Wildman–Crippen LogP) is 1.63. The third-order valence-electron chi connectivity index (χ3n) is 2.87. The maximum absolute atomic E-state index is 8.69. The highest BCUT2D eigenvalue weighted by atomic mass is 16.3. The molecule has 0 aromatic rings. The van der Waals surface area contributed by atoms with E-state index in [4.69, 9.17) is 5.11 Å². The van der Waals surface area contributed by atoms with Crippen molar-refractivity contribution < 1.29 is 5.11 Å². The highest BCUT2D eigenvalue weighted by Gasteiger charge is 2.16. The highest BCUT2D eigenvalue weighted by molar-refractivity contribution is 4.73. The van der Waals surface area contributed by atoms with Crippen LogP contribution < -0.4 is 0 Å². The number of hydrogen-bond acceptors (Lipinski definition) is 2. The third-order valence-corrected chi connectivity index (χ3v) is 2.87. The number of aliphatic hydroxyl groups is 1. The normalized spacial score (nSPS) is 20.2. The standard InChI is InChI=1S/C10H21NO/c1-11(8-5-9-12)10-6-3-2-4-7-10/h10,12H,2-9H2,1H3. The fourth-order valence-corrected chi connectivity index (χ4v) is 2.02. The van der Waals surface area contributed by atoms with Crippen LogP contribution in [0.2, 0.25) is 0 Å². The molecule has 2 heteroatoms. The minimum absolute atomic E-state index is 0.330. The predicted molar refractivity (Wildman–Crippen MR) is 51.2 cm³/mol. The molecule has 0 saturated heterocycles. The van der Waals surface area contributed by atoms with E-state index >= 15 is 0 Å². The van der Waals surface area contributed by atoms with Crippen LogP contribution in [0.1, 0.15) is 38.5 Å². The Morgan fingerprint density at radius 2 is 1.92 bits per heavy atom. The molecule has 0 spiro atoms. The van der Waals surface area contributed by atoms with Crippen LogP contribution in [0.5, 0.6) is 0 Å². The lowest BCUT2D eigenvalue weighted by atomic mass is 9.94. The molecule has 0 amide bonds. The van der Waals surface area contributed by atoms with Gasteiger partial charge in [-0.25, -0.2) is 0 Å². The fourth-order valence-electron chi connectivity index (χ4n) is 2.02. The first kappa shape index (κ1) is 10.0. The SMILES string of the molecule is CN(CCCO)C1CCCCC1. The van der Waals surface area contributed by atoms with Crippen LogP contribution in [-0.4, -0.2) is 36.2 Å². The number of hydrogen-bond donors (Lipinski definition) is 1. The van der Waals surface area contributed by atoms with Gasteiger partial charge in [-0.1, -0.05) is 19.3 Å². The molecule has 1 aliphatic rings. The van der Waals surface area contributed by atoms with Crippen LogP contribution in [-0.2, 0) is 0 Å². The van der Waals surface area contributed by atoms with Crippen LogP contribution >= 0.6 is 0 Å². The maximum Gasteiger partial charge on any atom is 0.0443 e. The summed E-state index contributed by atoms with van der Waals surface area (Å²) in [5.74, 6) is 0. The molecule has 0 radical (unpaired) electrons. The maximum atomic E-state index is 8.69. The lowest BCUT2D eigenvalue weighted by Gasteiger charge is -2.30. The average Bonchev–Trinajstić information content (AvgIpc) is 2.15. The van der Waals surface area contributed by atoms with Gasteiger partial charge in [-0.15, -0.1) is 0 Å². The lowest BCUT2D eigenvalue weighted by Crippen LogP contribution is -2.34. The van der Waals surface area contributed by atoms with Crippen LogP contribution in [0, 0.1) is 0 Å². The molecule has 1 rings (SSSR count). The van der Waals surface area contributed by atoms with E-state index in [1.807, 2.05) is 0 Å². The Bertz CT molecular complexity index is 110. The Morgan fingerprint density at radius 1 is 1.25 bits per heavy atom. The molecule has 0 heterocycles. The molecule has 1 fully saturated rings. The molecule has 0 bridgehead atoms. The van der Waals surface area contributed by atoms with Crippen LogP contribution in [0.25, 0.3) is 0 Å².